The van der Waals surface area contributed by atoms with Gasteiger partial charge in [0.25, 0.3) is 11.6 Å². The molecule has 2 aromatic rings. The molecule has 0 heterocycles. The summed E-state index contributed by atoms with van der Waals surface area (Å²) in [6.07, 6.45) is 0. The monoisotopic (exact) mass is 348 g/mol. The zero-order valence-corrected chi connectivity index (χ0v) is 12.9. The van der Waals surface area contributed by atoms with Crippen molar-refractivity contribution in [2.24, 2.45) is 0 Å². The van der Waals surface area contributed by atoms with E-state index in [9.17, 15) is 14.9 Å². The molecule has 0 aromatic heterocycles. The Hall–Kier alpha value is -2.21. The molecule has 0 spiro atoms. The van der Waals surface area contributed by atoms with Gasteiger partial charge in [-0.1, -0.05) is 29.8 Å². The summed E-state index contributed by atoms with van der Waals surface area (Å²) in [6.45, 7) is 2.35. The lowest BCUT2D eigenvalue weighted by molar-refractivity contribution is -0.385. The van der Waals surface area contributed by atoms with Crippen molar-refractivity contribution in [3.05, 3.63) is 73.7 Å². The number of aryl methyl sites for hydroxylation is 1. The molecule has 0 atom stereocenters. The summed E-state index contributed by atoms with van der Waals surface area (Å²) in [7, 11) is 0. The number of carbonyl (C=O) groups is 1. The number of nitro benzene ring substituents is 1. The summed E-state index contributed by atoms with van der Waals surface area (Å²) < 4.78 is 0.350. The van der Waals surface area contributed by atoms with Crippen LogP contribution < -0.4 is 5.32 Å². The molecule has 2 aromatic carbocycles. The van der Waals surface area contributed by atoms with Crippen LogP contribution in [0, 0.1) is 17.0 Å². The second kappa shape index (κ2) is 6.49. The van der Waals surface area contributed by atoms with E-state index < -0.39 is 4.92 Å². The van der Waals surface area contributed by atoms with Crippen LogP contribution in [0.1, 0.15) is 21.5 Å². The fourth-order valence-electron chi connectivity index (χ4n) is 1.90. The molecule has 6 heteroatoms. The summed E-state index contributed by atoms with van der Waals surface area (Å²) in [6, 6.07) is 12.1. The SMILES string of the molecule is Cc1cccc(CNC(=O)c2ccc(Br)c([N+](=O)[O-])c2)c1. The van der Waals surface area contributed by atoms with Crippen LogP contribution in [0.3, 0.4) is 0 Å². The minimum absolute atomic E-state index is 0.127. The standard InChI is InChI=1S/C15H13BrN2O3/c1-10-3-2-4-11(7-10)9-17-15(19)12-5-6-13(16)14(8-12)18(20)21/h2-8H,9H2,1H3,(H,17,19). The number of nitro groups is 1. The third-order valence-corrected chi connectivity index (χ3v) is 3.61. The highest BCUT2D eigenvalue weighted by atomic mass is 79.9. The van der Waals surface area contributed by atoms with Crippen LogP contribution >= 0.6 is 15.9 Å². The second-order valence-corrected chi connectivity index (χ2v) is 5.45. The van der Waals surface area contributed by atoms with Crippen molar-refractivity contribution in [2.45, 2.75) is 13.5 Å². The summed E-state index contributed by atoms with van der Waals surface area (Å²) in [5, 5.41) is 13.6. The number of amides is 1. The summed E-state index contributed by atoms with van der Waals surface area (Å²) in [5.74, 6) is -0.341. The minimum Gasteiger partial charge on any atom is -0.348 e. The van der Waals surface area contributed by atoms with Crippen molar-refractivity contribution in [3.63, 3.8) is 0 Å². The molecule has 0 radical (unpaired) electrons. The van der Waals surface area contributed by atoms with Gasteiger partial charge in [0.1, 0.15) is 0 Å². The number of hydrogen-bond acceptors (Lipinski definition) is 3. The third-order valence-electron chi connectivity index (χ3n) is 2.94. The molecule has 0 aliphatic rings. The van der Waals surface area contributed by atoms with Gasteiger partial charge in [-0.15, -0.1) is 0 Å². The molecule has 0 fully saturated rings. The van der Waals surface area contributed by atoms with Crippen molar-refractivity contribution in [2.75, 3.05) is 0 Å². The molecule has 0 saturated heterocycles. The maximum atomic E-state index is 12.0. The molecular weight excluding hydrogens is 336 g/mol. The van der Waals surface area contributed by atoms with E-state index in [-0.39, 0.29) is 17.2 Å². The fraction of sp³-hybridized carbons (Fsp3) is 0.133. The first-order valence-electron chi connectivity index (χ1n) is 6.25. The van der Waals surface area contributed by atoms with Crippen LogP contribution in [-0.2, 0) is 6.54 Å². The van der Waals surface area contributed by atoms with Crippen LogP contribution in [0.5, 0.6) is 0 Å². The van der Waals surface area contributed by atoms with E-state index in [1.165, 1.54) is 12.1 Å². The highest BCUT2D eigenvalue weighted by Crippen LogP contribution is 2.25. The van der Waals surface area contributed by atoms with Gasteiger partial charge in [-0.05, 0) is 40.5 Å². The van der Waals surface area contributed by atoms with E-state index in [0.717, 1.165) is 11.1 Å². The molecule has 0 aliphatic carbocycles. The first kappa shape index (κ1) is 15.2. The van der Waals surface area contributed by atoms with Gasteiger partial charge in [0.15, 0.2) is 0 Å². The number of halogens is 1. The summed E-state index contributed by atoms with van der Waals surface area (Å²) in [5.41, 5.74) is 2.23. The van der Waals surface area contributed by atoms with Crippen LogP contribution in [-0.4, -0.2) is 10.8 Å². The van der Waals surface area contributed by atoms with E-state index in [1.807, 2.05) is 31.2 Å². The first-order valence-corrected chi connectivity index (χ1v) is 7.04. The number of nitrogens with zero attached hydrogens (tertiary/aromatic N) is 1. The maximum Gasteiger partial charge on any atom is 0.284 e. The number of nitrogens with one attached hydrogen (secondary N) is 1. The van der Waals surface area contributed by atoms with Gasteiger partial charge in [0.05, 0.1) is 9.40 Å². The Kier molecular flexibility index (Phi) is 4.70. The van der Waals surface area contributed by atoms with E-state index in [2.05, 4.69) is 21.2 Å². The molecule has 1 amide bonds. The van der Waals surface area contributed by atoms with E-state index in [4.69, 9.17) is 0 Å². The molecule has 0 aliphatic heterocycles. The molecule has 0 unspecified atom stereocenters. The molecule has 0 bridgehead atoms. The maximum absolute atomic E-state index is 12.0. The molecule has 108 valence electrons. The van der Waals surface area contributed by atoms with Crippen molar-refractivity contribution in [3.8, 4) is 0 Å². The van der Waals surface area contributed by atoms with Gasteiger partial charge >= 0.3 is 0 Å². The molecule has 1 N–H and O–H groups in total. The van der Waals surface area contributed by atoms with Crippen molar-refractivity contribution in [1.29, 1.82) is 0 Å². The molecular formula is C15H13BrN2O3. The highest BCUT2D eigenvalue weighted by Gasteiger charge is 2.15. The Morgan fingerprint density at radius 1 is 1.29 bits per heavy atom. The number of benzene rings is 2. The number of hydrogen-bond donors (Lipinski definition) is 1. The second-order valence-electron chi connectivity index (χ2n) is 4.60. The Morgan fingerprint density at radius 2 is 2.05 bits per heavy atom. The van der Waals surface area contributed by atoms with Crippen LogP contribution in [0.15, 0.2) is 46.9 Å². The molecule has 2 rings (SSSR count). The minimum atomic E-state index is -0.526. The Morgan fingerprint density at radius 3 is 2.71 bits per heavy atom. The van der Waals surface area contributed by atoms with Gasteiger partial charge in [-0.25, -0.2) is 0 Å². The van der Waals surface area contributed by atoms with Gasteiger partial charge in [0, 0.05) is 18.2 Å². The molecule has 5 nitrogen and oxygen atoms in total. The largest absolute Gasteiger partial charge is 0.348 e. The van der Waals surface area contributed by atoms with Crippen molar-refractivity contribution >= 4 is 27.5 Å². The van der Waals surface area contributed by atoms with Gasteiger partial charge in [0.2, 0.25) is 0 Å². The normalized spacial score (nSPS) is 10.2. The third kappa shape index (κ3) is 3.88. The number of rotatable bonds is 4. The molecule has 0 saturated carbocycles. The van der Waals surface area contributed by atoms with Gasteiger partial charge < -0.3 is 5.32 Å². The predicted octanol–water partition coefficient (Wildman–Crippen LogP) is 3.60. The lowest BCUT2D eigenvalue weighted by Gasteiger charge is -2.06. The smallest absolute Gasteiger partial charge is 0.284 e. The Labute approximate surface area is 130 Å². The quantitative estimate of drug-likeness (QED) is 0.677. The van der Waals surface area contributed by atoms with Gasteiger partial charge in [-0.2, -0.15) is 0 Å². The van der Waals surface area contributed by atoms with Crippen LogP contribution in [0.4, 0.5) is 5.69 Å². The lowest BCUT2D eigenvalue weighted by atomic mass is 10.1. The van der Waals surface area contributed by atoms with E-state index in [0.29, 0.717) is 11.0 Å². The molecule has 21 heavy (non-hydrogen) atoms. The fourth-order valence-corrected chi connectivity index (χ4v) is 2.29. The van der Waals surface area contributed by atoms with E-state index >= 15 is 0 Å². The Bertz CT molecular complexity index is 701. The van der Waals surface area contributed by atoms with E-state index in [1.54, 1.807) is 6.07 Å². The topological polar surface area (TPSA) is 72.2 Å². The average Bonchev–Trinajstić information content (AvgIpc) is 2.45. The summed E-state index contributed by atoms with van der Waals surface area (Å²) >= 11 is 3.09. The van der Waals surface area contributed by atoms with Crippen molar-refractivity contribution < 1.29 is 9.72 Å². The van der Waals surface area contributed by atoms with Crippen molar-refractivity contribution in [1.82, 2.24) is 5.32 Å². The number of carbonyl (C=O) groups excluding carboxylic acids is 1. The Balaban J connectivity index is 2.10. The lowest BCUT2D eigenvalue weighted by Crippen LogP contribution is -2.22. The zero-order valence-electron chi connectivity index (χ0n) is 11.3. The highest BCUT2D eigenvalue weighted by molar-refractivity contribution is 9.10. The average molecular weight is 349 g/mol. The predicted molar refractivity (Wildman–Crippen MR) is 83.1 cm³/mol. The zero-order chi connectivity index (χ0) is 15.4. The van der Waals surface area contributed by atoms with Crippen LogP contribution in [0.2, 0.25) is 0 Å². The van der Waals surface area contributed by atoms with Gasteiger partial charge in [-0.3, -0.25) is 14.9 Å². The van der Waals surface area contributed by atoms with Crippen LogP contribution in [0.25, 0.3) is 0 Å². The summed E-state index contributed by atoms with van der Waals surface area (Å²) in [4.78, 5) is 22.4. The first-order chi connectivity index (χ1) is 9.97.